The molecule has 2 unspecified atom stereocenters. The third-order valence-corrected chi connectivity index (χ3v) is 3.53. The van der Waals surface area contributed by atoms with E-state index < -0.39 is 10.7 Å². The van der Waals surface area contributed by atoms with Gasteiger partial charge in [0.05, 0.1) is 11.0 Å². The molecule has 1 fully saturated rings. The van der Waals surface area contributed by atoms with Gasteiger partial charge >= 0.3 is 0 Å². The molecule has 0 aliphatic carbocycles. The summed E-state index contributed by atoms with van der Waals surface area (Å²) < 4.78 is 13.3. The van der Waals surface area contributed by atoms with Gasteiger partial charge in [-0.05, 0) is 44.8 Å². The van der Waals surface area contributed by atoms with E-state index in [1.165, 1.54) is 12.1 Å². The largest absolute Gasteiger partial charge is 0.382 e. The molecule has 0 saturated carbocycles. The number of rotatable bonds is 4. The number of nitrogens with one attached hydrogen (secondary N) is 2. The summed E-state index contributed by atoms with van der Waals surface area (Å²) in [4.78, 5) is 10.1. The van der Waals surface area contributed by atoms with Gasteiger partial charge in [-0.15, -0.1) is 0 Å². The predicted octanol–water partition coefficient (Wildman–Crippen LogP) is 2.53. The van der Waals surface area contributed by atoms with Crippen LogP contribution in [-0.4, -0.2) is 24.1 Å². The summed E-state index contributed by atoms with van der Waals surface area (Å²) in [6.07, 6.45) is 2.23. The lowest BCUT2D eigenvalue weighted by Gasteiger charge is -2.29. The van der Waals surface area contributed by atoms with Crippen LogP contribution in [0.5, 0.6) is 0 Å². The highest BCUT2D eigenvalue weighted by molar-refractivity contribution is 5.52. The number of halogens is 1. The molecule has 2 rings (SSSR count). The van der Waals surface area contributed by atoms with Gasteiger partial charge in [0.2, 0.25) is 0 Å². The number of anilines is 1. The molecular formula is C13H18FN3O2. The Hall–Kier alpha value is -1.69. The zero-order valence-electron chi connectivity index (χ0n) is 10.9. The lowest BCUT2D eigenvalue weighted by Crippen LogP contribution is -2.38. The van der Waals surface area contributed by atoms with Crippen LogP contribution in [0.2, 0.25) is 0 Å². The van der Waals surface area contributed by atoms with E-state index in [0.717, 1.165) is 32.0 Å². The molecule has 0 radical (unpaired) electrons. The van der Waals surface area contributed by atoms with Crippen molar-refractivity contribution in [1.82, 2.24) is 5.32 Å². The van der Waals surface area contributed by atoms with Gasteiger partial charge in [-0.1, -0.05) is 0 Å². The molecule has 2 atom stereocenters. The van der Waals surface area contributed by atoms with Crippen LogP contribution in [-0.2, 0) is 0 Å². The normalized spacial score (nSPS) is 20.8. The summed E-state index contributed by atoms with van der Waals surface area (Å²) >= 11 is 0. The Bertz CT molecular complexity index is 461. The maximum Gasteiger partial charge on any atom is 0.274 e. The van der Waals surface area contributed by atoms with Crippen molar-refractivity contribution < 1.29 is 9.31 Å². The molecule has 104 valence electrons. The molecule has 1 saturated heterocycles. The van der Waals surface area contributed by atoms with Crippen LogP contribution in [0.15, 0.2) is 18.2 Å². The molecule has 1 aromatic rings. The van der Waals surface area contributed by atoms with Crippen molar-refractivity contribution in [2.75, 3.05) is 18.4 Å². The smallest absolute Gasteiger partial charge is 0.274 e. The minimum atomic E-state index is -0.592. The number of nitrogens with zero attached hydrogens (tertiary/aromatic N) is 1. The van der Waals surface area contributed by atoms with Crippen LogP contribution in [0, 0.1) is 21.8 Å². The fourth-order valence-electron chi connectivity index (χ4n) is 2.45. The molecule has 0 bridgehead atoms. The highest BCUT2D eigenvalue weighted by atomic mass is 19.1. The van der Waals surface area contributed by atoms with Crippen molar-refractivity contribution in [3.63, 3.8) is 0 Å². The third-order valence-electron chi connectivity index (χ3n) is 3.53. The molecule has 1 aromatic carbocycles. The minimum Gasteiger partial charge on any atom is -0.382 e. The first-order valence-electron chi connectivity index (χ1n) is 6.48. The van der Waals surface area contributed by atoms with Crippen LogP contribution in [0.3, 0.4) is 0 Å². The highest BCUT2D eigenvalue weighted by Gasteiger charge is 2.20. The van der Waals surface area contributed by atoms with E-state index in [1.807, 2.05) is 6.92 Å². The molecule has 5 nitrogen and oxygen atoms in total. The average Bonchev–Trinajstić information content (AvgIpc) is 2.39. The van der Waals surface area contributed by atoms with E-state index in [1.54, 1.807) is 0 Å². The van der Waals surface area contributed by atoms with Gasteiger partial charge < -0.3 is 10.6 Å². The van der Waals surface area contributed by atoms with Crippen molar-refractivity contribution in [2.45, 2.75) is 25.8 Å². The quantitative estimate of drug-likeness (QED) is 0.650. The number of non-ortho nitro benzene ring substituents is 1. The van der Waals surface area contributed by atoms with Crippen LogP contribution < -0.4 is 10.6 Å². The van der Waals surface area contributed by atoms with Crippen molar-refractivity contribution in [2.24, 2.45) is 5.92 Å². The molecule has 2 N–H and O–H groups in total. The molecule has 1 aliphatic rings. The fraction of sp³-hybridized carbons (Fsp3) is 0.538. The Kier molecular flexibility index (Phi) is 4.31. The second-order valence-electron chi connectivity index (χ2n) is 4.99. The number of hydrogen-bond acceptors (Lipinski definition) is 4. The molecule has 6 heteroatoms. The maximum atomic E-state index is 13.3. The zero-order chi connectivity index (χ0) is 13.8. The van der Waals surface area contributed by atoms with Gasteiger partial charge in [0.15, 0.2) is 0 Å². The average molecular weight is 267 g/mol. The van der Waals surface area contributed by atoms with Gasteiger partial charge in [0.1, 0.15) is 5.82 Å². The summed E-state index contributed by atoms with van der Waals surface area (Å²) in [7, 11) is 0. The lowest BCUT2D eigenvalue weighted by atomic mass is 9.92. The monoisotopic (exact) mass is 267 g/mol. The second-order valence-corrected chi connectivity index (χ2v) is 4.99. The Morgan fingerprint density at radius 3 is 2.95 bits per heavy atom. The predicted molar refractivity (Wildman–Crippen MR) is 71.7 cm³/mol. The molecule has 1 aliphatic heterocycles. The minimum absolute atomic E-state index is 0.147. The highest BCUT2D eigenvalue weighted by Crippen LogP contribution is 2.23. The summed E-state index contributed by atoms with van der Waals surface area (Å²) in [5, 5.41) is 17.2. The maximum absolute atomic E-state index is 13.3. The number of nitro groups is 1. The van der Waals surface area contributed by atoms with Crippen LogP contribution in [0.25, 0.3) is 0 Å². The lowest BCUT2D eigenvalue weighted by molar-refractivity contribution is -0.385. The summed E-state index contributed by atoms with van der Waals surface area (Å²) in [5.41, 5.74) is 0.237. The zero-order valence-corrected chi connectivity index (χ0v) is 10.9. The molecule has 0 spiro atoms. The first kappa shape index (κ1) is 13.7. The molecular weight excluding hydrogens is 249 g/mol. The van der Waals surface area contributed by atoms with Gasteiger partial charge in [-0.25, -0.2) is 4.39 Å². The number of hydrogen-bond donors (Lipinski definition) is 2. The van der Waals surface area contributed by atoms with Crippen LogP contribution in [0.1, 0.15) is 19.8 Å². The van der Waals surface area contributed by atoms with Gasteiger partial charge in [0.25, 0.3) is 5.69 Å². The van der Waals surface area contributed by atoms with Gasteiger partial charge in [0, 0.05) is 17.8 Å². The second kappa shape index (κ2) is 5.97. The topological polar surface area (TPSA) is 67.2 Å². The number of piperidine rings is 1. The van der Waals surface area contributed by atoms with Gasteiger partial charge in [-0.2, -0.15) is 0 Å². The van der Waals surface area contributed by atoms with E-state index in [2.05, 4.69) is 10.6 Å². The molecule has 0 amide bonds. The van der Waals surface area contributed by atoms with E-state index in [4.69, 9.17) is 0 Å². The van der Waals surface area contributed by atoms with E-state index in [-0.39, 0.29) is 11.7 Å². The number of benzene rings is 1. The standard InChI is InChI=1S/C13H18FN3O2/c1-9(10-3-2-4-15-8-10)16-12-5-11(14)6-13(7-12)17(18)19/h5-7,9-10,15-16H,2-4,8H2,1H3. The Balaban J connectivity index is 2.07. The van der Waals surface area contributed by atoms with E-state index in [9.17, 15) is 14.5 Å². The first-order chi connectivity index (χ1) is 9.06. The molecule has 1 heterocycles. The van der Waals surface area contributed by atoms with E-state index in [0.29, 0.717) is 11.6 Å². The van der Waals surface area contributed by atoms with Gasteiger partial charge in [-0.3, -0.25) is 10.1 Å². The Morgan fingerprint density at radius 1 is 1.53 bits per heavy atom. The SMILES string of the molecule is CC(Nc1cc(F)cc([N+](=O)[O-])c1)C1CCCNC1. The molecule has 19 heavy (non-hydrogen) atoms. The molecule has 0 aromatic heterocycles. The summed E-state index contributed by atoms with van der Waals surface area (Å²) in [6, 6.07) is 3.74. The van der Waals surface area contributed by atoms with Crippen molar-refractivity contribution in [3.8, 4) is 0 Å². The van der Waals surface area contributed by atoms with Crippen molar-refractivity contribution in [3.05, 3.63) is 34.1 Å². The summed E-state index contributed by atoms with van der Waals surface area (Å²) in [6.45, 7) is 3.98. The Labute approximate surface area is 111 Å². The van der Waals surface area contributed by atoms with E-state index >= 15 is 0 Å². The fourth-order valence-corrected chi connectivity index (χ4v) is 2.45. The van der Waals surface area contributed by atoms with Crippen molar-refractivity contribution in [1.29, 1.82) is 0 Å². The first-order valence-corrected chi connectivity index (χ1v) is 6.48. The van der Waals surface area contributed by atoms with Crippen molar-refractivity contribution >= 4 is 11.4 Å². The van der Waals surface area contributed by atoms with Crippen LogP contribution in [0.4, 0.5) is 15.8 Å². The number of nitro benzene ring substituents is 1. The Morgan fingerprint density at radius 2 is 2.32 bits per heavy atom. The summed E-state index contributed by atoms with van der Waals surface area (Å²) in [5.74, 6) is -0.137. The third kappa shape index (κ3) is 3.64. The van der Waals surface area contributed by atoms with Crippen LogP contribution >= 0.6 is 0 Å².